The van der Waals surface area contributed by atoms with E-state index in [4.69, 9.17) is 4.99 Å². The van der Waals surface area contributed by atoms with Gasteiger partial charge in [0.2, 0.25) is 0 Å². The largest absolute Gasteiger partial charge is 0.361 e. The Kier molecular flexibility index (Phi) is 5.10. The second-order valence-electron chi connectivity index (χ2n) is 5.49. The number of nitrogens with one attached hydrogen (secondary N) is 1. The fourth-order valence-corrected chi connectivity index (χ4v) is 4.64. The van der Waals surface area contributed by atoms with E-state index >= 15 is 0 Å². The lowest BCUT2D eigenvalue weighted by molar-refractivity contribution is 0.502. The molecule has 0 amide bonds. The summed E-state index contributed by atoms with van der Waals surface area (Å²) in [5.74, 6) is 1.98. The van der Waals surface area contributed by atoms with Gasteiger partial charge in [0.15, 0.2) is 5.17 Å². The Hall–Kier alpha value is 0.170. The predicted octanol–water partition coefficient (Wildman–Crippen LogP) is 3.38. The van der Waals surface area contributed by atoms with Crippen LogP contribution < -0.4 is 5.32 Å². The first-order chi connectivity index (χ1) is 8.19. The van der Waals surface area contributed by atoms with Crippen LogP contribution in [0.3, 0.4) is 0 Å². The van der Waals surface area contributed by atoms with E-state index < -0.39 is 0 Å². The number of nitrogens with zero attached hydrogens (tertiary/aromatic N) is 1. The summed E-state index contributed by atoms with van der Waals surface area (Å²) < 4.78 is 0. The molecule has 1 N–H and O–H groups in total. The molecule has 1 saturated heterocycles. The monoisotopic (exact) mass is 272 g/mol. The van der Waals surface area contributed by atoms with Gasteiger partial charge in [-0.05, 0) is 31.4 Å². The zero-order valence-electron chi connectivity index (χ0n) is 11.1. The average molecular weight is 272 g/mol. The highest BCUT2D eigenvalue weighted by Crippen LogP contribution is 2.32. The zero-order valence-corrected chi connectivity index (χ0v) is 12.7. The molecule has 0 aromatic rings. The molecule has 4 heteroatoms. The van der Waals surface area contributed by atoms with Gasteiger partial charge in [0, 0.05) is 17.0 Å². The molecule has 0 spiro atoms. The Balaban J connectivity index is 1.86. The Bertz CT molecular complexity index is 279. The van der Waals surface area contributed by atoms with E-state index in [0.717, 1.165) is 11.2 Å². The number of hydrogen-bond donors (Lipinski definition) is 1. The summed E-state index contributed by atoms with van der Waals surface area (Å²) in [6, 6.07) is 1.21. The van der Waals surface area contributed by atoms with Crippen molar-refractivity contribution in [2.24, 2.45) is 10.9 Å². The number of thioether (sulfide) groups is 2. The fourth-order valence-electron chi connectivity index (χ4n) is 2.69. The molecular formula is C13H24N2S2. The molecular weight excluding hydrogens is 248 g/mol. The Morgan fingerprint density at radius 2 is 2.29 bits per heavy atom. The Labute approximate surface area is 114 Å². The predicted molar refractivity (Wildman–Crippen MR) is 81.2 cm³/mol. The highest BCUT2D eigenvalue weighted by atomic mass is 32.2. The third-order valence-electron chi connectivity index (χ3n) is 3.51. The molecule has 2 fully saturated rings. The van der Waals surface area contributed by atoms with Crippen molar-refractivity contribution in [1.29, 1.82) is 0 Å². The van der Waals surface area contributed by atoms with Crippen molar-refractivity contribution in [2.75, 3.05) is 12.0 Å². The number of amidine groups is 1. The molecule has 17 heavy (non-hydrogen) atoms. The summed E-state index contributed by atoms with van der Waals surface area (Å²) in [6.07, 6.45) is 7.48. The molecule has 98 valence electrons. The Morgan fingerprint density at radius 1 is 1.47 bits per heavy atom. The van der Waals surface area contributed by atoms with E-state index in [0.29, 0.717) is 12.1 Å². The molecule has 2 nitrogen and oxygen atoms in total. The van der Waals surface area contributed by atoms with Gasteiger partial charge >= 0.3 is 0 Å². The van der Waals surface area contributed by atoms with Crippen molar-refractivity contribution < 1.29 is 0 Å². The zero-order chi connectivity index (χ0) is 12.3. The average Bonchev–Trinajstić information content (AvgIpc) is 2.87. The molecule has 1 heterocycles. The maximum atomic E-state index is 4.93. The topological polar surface area (TPSA) is 24.4 Å². The molecule has 0 aromatic carbocycles. The molecule has 2 rings (SSSR count). The van der Waals surface area contributed by atoms with Crippen LogP contribution >= 0.6 is 23.5 Å². The first kappa shape index (κ1) is 13.6. The van der Waals surface area contributed by atoms with Crippen molar-refractivity contribution in [3.05, 3.63) is 0 Å². The molecule has 3 unspecified atom stereocenters. The van der Waals surface area contributed by atoms with Crippen LogP contribution in [0.2, 0.25) is 0 Å². The molecule has 0 aromatic heterocycles. The van der Waals surface area contributed by atoms with E-state index in [1.165, 1.54) is 36.6 Å². The van der Waals surface area contributed by atoms with Gasteiger partial charge in [-0.3, -0.25) is 4.99 Å². The summed E-state index contributed by atoms with van der Waals surface area (Å²) >= 11 is 3.91. The fraction of sp³-hybridized carbons (Fsp3) is 0.923. The minimum absolute atomic E-state index is 0.567. The van der Waals surface area contributed by atoms with Gasteiger partial charge in [-0.1, -0.05) is 32.0 Å². The molecule has 2 aliphatic rings. The van der Waals surface area contributed by atoms with Gasteiger partial charge in [-0.15, -0.1) is 0 Å². The molecule has 3 atom stereocenters. The number of rotatable bonds is 4. The molecule has 1 aliphatic carbocycles. The number of hydrogen-bond acceptors (Lipinski definition) is 3. The minimum Gasteiger partial charge on any atom is -0.361 e. The van der Waals surface area contributed by atoms with Gasteiger partial charge in [0.05, 0.1) is 6.04 Å². The maximum absolute atomic E-state index is 4.93. The Morgan fingerprint density at radius 3 is 3.00 bits per heavy atom. The van der Waals surface area contributed by atoms with E-state index in [1.807, 2.05) is 23.5 Å². The van der Waals surface area contributed by atoms with Crippen molar-refractivity contribution in [3.8, 4) is 0 Å². The van der Waals surface area contributed by atoms with Crippen molar-refractivity contribution in [2.45, 2.75) is 56.9 Å². The minimum atomic E-state index is 0.567. The number of aliphatic imine (C=N–C) groups is 1. The molecule has 0 radical (unpaired) electrons. The van der Waals surface area contributed by atoms with Crippen LogP contribution in [0.15, 0.2) is 4.99 Å². The normalized spacial score (nSPS) is 35.8. The lowest BCUT2D eigenvalue weighted by Crippen LogP contribution is -2.29. The second kappa shape index (κ2) is 6.37. The first-order valence-corrected chi connectivity index (χ1v) is 8.96. The van der Waals surface area contributed by atoms with Gasteiger partial charge in [-0.2, -0.15) is 11.8 Å². The SMILES string of the molecule is CSC1CCCC1N=C1NC(CC(C)C)CS1. The van der Waals surface area contributed by atoms with Crippen LogP contribution in [-0.2, 0) is 0 Å². The summed E-state index contributed by atoms with van der Waals surface area (Å²) in [5.41, 5.74) is 0. The second-order valence-corrected chi connectivity index (χ2v) is 7.57. The highest BCUT2D eigenvalue weighted by molar-refractivity contribution is 8.14. The summed E-state index contributed by atoms with van der Waals surface area (Å²) in [6.45, 7) is 4.59. The third kappa shape index (κ3) is 3.82. The van der Waals surface area contributed by atoms with Gasteiger partial charge < -0.3 is 5.32 Å². The lowest BCUT2D eigenvalue weighted by Gasteiger charge is -2.15. The molecule has 1 saturated carbocycles. The quantitative estimate of drug-likeness (QED) is 0.849. The van der Waals surface area contributed by atoms with Crippen LogP contribution in [-0.4, -0.2) is 34.5 Å². The van der Waals surface area contributed by atoms with Crippen molar-refractivity contribution in [1.82, 2.24) is 5.32 Å². The summed E-state index contributed by atoms with van der Waals surface area (Å²) in [4.78, 5) is 4.93. The maximum Gasteiger partial charge on any atom is 0.157 e. The van der Waals surface area contributed by atoms with E-state index in [-0.39, 0.29) is 0 Å². The summed E-state index contributed by atoms with van der Waals surface area (Å²) in [7, 11) is 0. The van der Waals surface area contributed by atoms with Gasteiger partial charge in [-0.25, -0.2) is 0 Å². The smallest absolute Gasteiger partial charge is 0.157 e. The van der Waals surface area contributed by atoms with Gasteiger partial charge in [0.25, 0.3) is 0 Å². The third-order valence-corrected chi connectivity index (χ3v) is 5.73. The van der Waals surface area contributed by atoms with Crippen molar-refractivity contribution in [3.63, 3.8) is 0 Å². The molecule has 0 bridgehead atoms. The summed E-state index contributed by atoms with van der Waals surface area (Å²) in [5, 5.41) is 5.57. The lowest BCUT2D eigenvalue weighted by atomic mass is 10.1. The van der Waals surface area contributed by atoms with Crippen LogP contribution in [0.1, 0.15) is 39.5 Å². The highest BCUT2D eigenvalue weighted by Gasteiger charge is 2.28. The van der Waals surface area contributed by atoms with E-state index in [2.05, 4.69) is 25.4 Å². The van der Waals surface area contributed by atoms with E-state index in [9.17, 15) is 0 Å². The van der Waals surface area contributed by atoms with Crippen LogP contribution in [0.4, 0.5) is 0 Å². The standard InChI is InChI=1S/C13H24N2S2/c1-9(2)7-10-8-17-13(14-10)15-11-5-4-6-12(11)16-3/h9-12H,4-8H2,1-3H3,(H,14,15). The molecule has 1 aliphatic heterocycles. The van der Waals surface area contributed by atoms with E-state index in [1.54, 1.807) is 0 Å². The first-order valence-electron chi connectivity index (χ1n) is 6.69. The van der Waals surface area contributed by atoms with Crippen LogP contribution in [0.5, 0.6) is 0 Å². The van der Waals surface area contributed by atoms with Crippen molar-refractivity contribution >= 4 is 28.7 Å². The van der Waals surface area contributed by atoms with Crippen LogP contribution in [0, 0.1) is 5.92 Å². The van der Waals surface area contributed by atoms with Gasteiger partial charge in [0.1, 0.15) is 0 Å². The van der Waals surface area contributed by atoms with Crippen LogP contribution in [0.25, 0.3) is 0 Å².